The summed E-state index contributed by atoms with van der Waals surface area (Å²) in [5.74, 6) is 0.637. The molecule has 0 aliphatic heterocycles. The van der Waals surface area contributed by atoms with E-state index in [-0.39, 0.29) is 22.4 Å². The average Bonchev–Trinajstić information content (AvgIpc) is 3.17. The number of hydrogen-bond acceptors (Lipinski definition) is 6. The normalized spacial score (nSPS) is 11.1. The van der Waals surface area contributed by atoms with Crippen molar-refractivity contribution in [2.24, 2.45) is 0 Å². The number of methoxy groups -OCH3 is 1. The fraction of sp³-hybridized carbons (Fsp3) is 0.238. The third kappa shape index (κ3) is 6.04. The van der Waals surface area contributed by atoms with Gasteiger partial charge in [-0.1, -0.05) is 29.8 Å². The molecular formula is C21H23N3O4S2. The Kier molecular flexibility index (Phi) is 7.07. The van der Waals surface area contributed by atoms with Crippen molar-refractivity contribution in [3.63, 3.8) is 0 Å². The number of aromatic nitrogens is 1. The lowest BCUT2D eigenvalue weighted by atomic mass is 10.2. The Morgan fingerprint density at radius 2 is 1.93 bits per heavy atom. The van der Waals surface area contributed by atoms with Gasteiger partial charge in [-0.3, -0.25) is 9.52 Å². The van der Waals surface area contributed by atoms with Crippen LogP contribution in [0.2, 0.25) is 0 Å². The zero-order valence-corrected chi connectivity index (χ0v) is 18.3. The first-order chi connectivity index (χ1) is 14.4. The monoisotopic (exact) mass is 445 g/mol. The van der Waals surface area contributed by atoms with Gasteiger partial charge in [-0.15, -0.1) is 11.3 Å². The van der Waals surface area contributed by atoms with Gasteiger partial charge in [-0.25, -0.2) is 13.4 Å². The fourth-order valence-corrected chi connectivity index (χ4v) is 4.67. The van der Waals surface area contributed by atoms with Gasteiger partial charge in [0.15, 0.2) is 5.13 Å². The van der Waals surface area contributed by atoms with Crippen LogP contribution in [0.1, 0.15) is 23.2 Å². The summed E-state index contributed by atoms with van der Waals surface area (Å²) in [6.45, 7) is 2.30. The van der Waals surface area contributed by atoms with Gasteiger partial charge in [0.2, 0.25) is 5.91 Å². The molecule has 3 rings (SSSR count). The molecule has 9 heteroatoms. The molecule has 0 radical (unpaired) electrons. The van der Waals surface area contributed by atoms with Crippen LogP contribution in [0.5, 0.6) is 5.75 Å². The Hall–Kier alpha value is -2.91. The number of anilines is 1. The molecule has 1 amide bonds. The summed E-state index contributed by atoms with van der Waals surface area (Å²) in [4.78, 5) is 16.6. The van der Waals surface area contributed by atoms with Gasteiger partial charge in [0.25, 0.3) is 10.0 Å². The Balaban J connectivity index is 1.50. The van der Waals surface area contributed by atoms with Crippen molar-refractivity contribution in [1.82, 2.24) is 10.3 Å². The van der Waals surface area contributed by atoms with E-state index < -0.39 is 10.0 Å². The zero-order valence-electron chi connectivity index (χ0n) is 16.7. The van der Waals surface area contributed by atoms with E-state index in [0.717, 1.165) is 16.9 Å². The van der Waals surface area contributed by atoms with Gasteiger partial charge < -0.3 is 10.1 Å². The largest absolute Gasteiger partial charge is 0.497 e. The maximum absolute atomic E-state index is 12.4. The topological polar surface area (TPSA) is 97.4 Å². The van der Waals surface area contributed by atoms with Crippen molar-refractivity contribution in [2.45, 2.75) is 31.2 Å². The van der Waals surface area contributed by atoms with E-state index in [1.165, 1.54) is 11.3 Å². The molecule has 0 saturated carbocycles. The number of sulfonamides is 1. The first kappa shape index (κ1) is 21.8. The van der Waals surface area contributed by atoms with Crippen molar-refractivity contribution in [3.8, 4) is 5.75 Å². The number of ether oxygens (including phenoxy) is 1. The molecule has 2 aromatic carbocycles. The molecule has 0 bridgehead atoms. The minimum absolute atomic E-state index is 0.104. The second kappa shape index (κ2) is 9.73. The Morgan fingerprint density at radius 3 is 2.67 bits per heavy atom. The van der Waals surface area contributed by atoms with Crippen LogP contribution < -0.4 is 14.8 Å². The molecular weight excluding hydrogens is 422 g/mol. The van der Waals surface area contributed by atoms with E-state index in [2.05, 4.69) is 15.0 Å². The average molecular weight is 446 g/mol. The number of nitrogens with one attached hydrogen (secondary N) is 2. The molecule has 0 unspecified atom stereocenters. The van der Waals surface area contributed by atoms with Crippen molar-refractivity contribution < 1.29 is 17.9 Å². The minimum atomic E-state index is -3.68. The maximum atomic E-state index is 12.4. The van der Waals surface area contributed by atoms with Gasteiger partial charge in [-0.05, 0) is 43.2 Å². The molecule has 2 N–H and O–H groups in total. The quantitative estimate of drug-likeness (QED) is 0.525. The van der Waals surface area contributed by atoms with E-state index >= 15 is 0 Å². The standard InChI is InChI=1S/C21H23N3O4S2/c1-15-6-9-19(10-7-15)30(26,27)24-21-23-17(14-29-21)8-11-20(25)22-13-16-4-3-5-18(12-16)28-2/h3-7,9-10,12,14H,8,11,13H2,1-2H3,(H,22,25)(H,23,24). The highest BCUT2D eigenvalue weighted by Crippen LogP contribution is 2.21. The number of nitrogens with zero attached hydrogens (tertiary/aromatic N) is 1. The van der Waals surface area contributed by atoms with Crippen LogP contribution in [0, 0.1) is 6.92 Å². The van der Waals surface area contributed by atoms with Crippen molar-refractivity contribution >= 4 is 32.4 Å². The molecule has 158 valence electrons. The molecule has 1 heterocycles. The summed E-state index contributed by atoms with van der Waals surface area (Å²) >= 11 is 1.19. The van der Waals surface area contributed by atoms with E-state index in [1.807, 2.05) is 31.2 Å². The number of benzene rings is 2. The van der Waals surface area contributed by atoms with Crippen molar-refractivity contribution in [1.29, 1.82) is 0 Å². The van der Waals surface area contributed by atoms with Crippen LogP contribution >= 0.6 is 11.3 Å². The fourth-order valence-electron chi connectivity index (χ4n) is 2.67. The van der Waals surface area contributed by atoms with Crippen LogP contribution in [0.15, 0.2) is 58.8 Å². The van der Waals surface area contributed by atoms with Gasteiger partial charge in [0, 0.05) is 18.3 Å². The zero-order chi connectivity index (χ0) is 21.6. The molecule has 0 fully saturated rings. The van der Waals surface area contributed by atoms with E-state index in [1.54, 1.807) is 36.8 Å². The predicted molar refractivity (Wildman–Crippen MR) is 117 cm³/mol. The van der Waals surface area contributed by atoms with E-state index in [4.69, 9.17) is 4.74 Å². The minimum Gasteiger partial charge on any atom is -0.497 e. The Morgan fingerprint density at radius 1 is 1.17 bits per heavy atom. The molecule has 0 aliphatic rings. The Bertz CT molecular complexity index is 1110. The summed E-state index contributed by atoms with van der Waals surface area (Å²) in [7, 11) is -2.09. The molecule has 30 heavy (non-hydrogen) atoms. The number of carbonyl (C=O) groups is 1. The van der Waals surface area contributed by atoms with Gasteiger partial charge in [0.05, 0.1) is 17.7 Å². The van der Waals surface area contributed by atoms with Crippen LogP contribution in [-0.4, -0.2) is 26.4 Å². The molecule has 0 aliphatic carbocycles. The predicted octanol–water partition coefficient (Wildman–Crippen LogP) is 3.51. The van der Waals surface area contributed by atoms with Gasteiger partial charge >= 0.3 is 0 Å². The van der Waals surface area contributed by atoms with Crippen LogP contribution in [0.4, 0.5) is 5.13 Å². The van der Waals surface area contributed by atoms with Crippen LogP contribution in [-0.2, 0) is 27.8 Å². The van der Waals surface area contributed by atoms with Crippen molar-refractivity contribution in [3.05, 3.63) is 70.7 Å². The van der Waals surface area contributed by atoms with E-state index in [9.17, 15) is 13.2 Å². The smallest absolute Gasteiger partial charge is 0.263 e. The highest BCUT2D eigenvalue weighted by Gasteiger charge is 2.16. The first-order valence-corrected chi connectivity index (χ1v) is 11.7. The number of aryl methyl sites for hydroxylation is 2. The Labute approximate surface area is 180 Å². The molecule has 0 atom stereocenters. The first-order valence-electron chi connectivity index (χ1n) is 9.29. The third-order valence-corrected chi connectivity index (χ3v) is 6.63. The summed E-state index contributed by atoms with van der Waals surface area (Å²) in [5, 5.41) is 4.89. The lowest BCUT2D eigenvalue weighted by Gasteiger charge is -2.06. The summed E-state index contributed by atoms with van der Waals surface area (Å²) < 4.78 is 32.5. The second-order valence-corrected chi connectivity index (χ2v) is 9.23. The summed E-state index contributed by atoms with van der Waals surface area (Å²) in [6.07, 6.45) is 0.685. The third-order valence-electron chi connectivity index (χ3n) is 4.34. The molecule has 1 aromatic heterocycles. The van der Waals surface area contributed by atoms with Crippen molar-refractivity contribution in [2.75, 3.05) is 11.8 Å². The number of amides is 1. The van der Waals surface area contributed by atoms with Crippen LogP contribution in [0.25, 0.3) is 0 Å². The molecule has 0 saturated heterocycles. The maximum Gasteiger partial charge on any atom is 0.263 e. The van der Waals surface area contributed by atoms with Crippen LogP contribution in [0.3, 0.4) is 0 Å². The molecule has 3 aromatic rings. The van der Waals surface area contributed by atoms with E-state index in [0.29, 0.717) is 18.7 Å². The number of carbonyl (C=O) groups excluding carboxylic acids is 1. The lowest BCUT2D eigenvalue weighted by Crippen LogP contribution is -2.23. The summed E-state index contributed by atoms with van der Waals surface area (Å²) in [6, 6.07) is 14.1. The highest BCUT2D eigenvalue weighted by molar-refractivity contribution is 7.93. The lowest BCUT2D eigenvalue weighted by molar-refractivity contribution is -0.121. The molecule has 0 spiro atoms. The number of hydrogen-bond donors (Lipinski definition) is 2. The summed E-state index contributed by atoms with van der Waals surface area (Å²) in [5.41, 5.74) is 2.59. The highest BCUT2D eigenvalue weighted by atomic mass is 32.2. The number of thiazole rings is 1. The molecule has 7 nitrogen and oxygen atoms in total. The SMILES string of the molecule is COc1cccc(CNC(=O)CCc2csc(NS(=O)(=O)c3ccc(C)cc3)n2)c1. The second-order valence-electron chi connectivity index (χ2n) is 6.69. The van der Waals surface area contributed by atoms with Gasteiger partial charge in [0.1, 0.15) is 5.75 Å². The van der Waals surface area contributed by atoms with Gasteiger partial charge in [-0.2, -0.15) is 0 Å². The number of rotatable bonds is 9.